The lowest BCUT2D eigenvalue weighted by Crippen LogP contribution is -2.00. The van der Waals surface area contributed by atoms with E-state index in [1.54, 1.807) is 0 Å². The van der Waals surface area contributed by atoms with Crippen molar-refractivity contribution in [2.75, 3.05) is 0 Å². The molecule has 2 aliphatic carbocycles. The first kappa shape index (κ1) is 17.6. The van der Waals surface area contributed by atoms with Crippen molar-refractivity contribution < 1.29 is 0 Å². The average molecular weight is 327 g/mol. The van der Waals surface area contributed by atoms with Crippen molar-refractivity contribution in [2.45, 2.75) is 84.0 Å². The molecule has 3 rings (SSSR count). The largest absolute Gasteiger partial charge is 0.238 e. The van der Waals surface area contributed by atoms with E-state index in [4.69, 9.17) is 0 Å². The average Bonchev–Trinajstić information content (AvgIpc) is 3.36. The number of hydrogen-bond donors (Lipinski definition) is 0. The van der Waals surface area contributed by atoms with Crippen LogP contribution in [0.4, 0.5) is 0 Å². The van der Waals surface area contributed by atoms with Crippen LogP contribution in [0.2, 0.25) is 0 Å². The second-order valence-electron chi connectivity index (χ2n) is 8.36. The summed E-state index contributed by atoms with van der Waals surface area (Å²) in [5.41, 5.74) is 2.05. The maximum Gasteiger partial charge on any atom is 0.132 e. The van der Waals surface area contributed by atoms with Crippen LogP contribution in [0, 0.1) is 24.7 Å². The van der Waals surface area contributed by atoms with Gasteiger partial charge in [-0.3, -0.25) is 0 Å². The van der Waals surface area contributed by atoms with Gasteiger partial charge in [0.05, 0.1) is 5.69 Å². The molecule has 2 nitrogen and oxygen atoms in total. The third-order valence-corrected chi connectivity index (χ3v) is 6.17. The zero-order valence-corrected chi connectivity index (χ0v) is 15.6. The highest BCUT2D eigenvalue weighted by molar-refractivity contribution is 5.42. The van der Waals surface area contributed by atoms with Gasteiger partial charge in [0.15, 0.2) is 0 Å². The Balaban J connectivity index is 1.37. The molecule has 4 atom stereocenters. The molecule has 132 valence electrons. The van der Waals surface area contributed by atoms with Gasteiger partial charge in [-0.05, 0) is 49.7 Å². The molecule has 1 heterocycles. The van der Waals surface area contributed by atoms with Crippen molar-refractivity contribution in [2.24, 2.45) is 17.8 Å². The van der Waals surface area contributed by atoms with E-state index in [0.717, 1.165) is 35.0 Å². The Labute approximate surface area is 148 Å². The van der Waals surface area contributed by atoms with Crippen LogP contribution in [0.15, 0.2) is 12.6 Å². The molecule has 0 aliphatic heterocycles. The quantitative estimate of drug-likeness (QED) is 0.433. The van der Waals surface area contributed by atoms with Crippen molar-refractivity contribution in [3.05, 3.63) is 29.9 Å². The van der Waals surface area contributed by atoms with Crippen molar-refractivity contribution in [3.8, 4) is 0 Å². The predicted molar refractivity (Wildman–Crippen MR) is 102 cm³/mol. The Morgan fingerprint density at radius 1 is 1.12 bits per heavy atom. The molecule has 4 unspecified atom stereocenters. The third-order valence-electron chi connectivity index (χ3n) is 6.17. The van der Waals surface area contributed by atoms with E-state index in [1.165, 1.54) is 64.2 Å². The summed E-state index contributed by atoms with van der Waals surface area (Å²) in [6.45, 7) is 8.33. The van der Waals surface area contributed by atoms with E-state index in [-0.39, 0.29) is 0 Å². The zero-order chi connectivity index (χ0) is 16.9. The van der Waals surface area contributed by atoms with E-state index in [0.29, 0.717) is 5.92 Å². The van der Waals surface area contributed by atoms with E-state index >= 15 is 0 Å². The lowest BCUT2D eigenvalue weighted by atomic mass is 9.93. The molecule has 0 aromatic carbocycles. The molecular weight excluding hydrogens is 292 g/mol. The molecule has 0 radical (unpaired) electrons. The fourth-order valence-electron chi connectivity index (χ4n) is 4.46. The first-order valence-corrected chi connectivity index (χ1v) is 10.1. The van der Waals surface area contributed by atoms with Crippen molar-refractivity contribution in [1.82, 2.24) is 9.97 Å². The Hall–Kier alpha value is -1.18. The van der Waals surface area contributed by atoms with Crippen molar-refractivity contribution in [3.63, 3.8) is 0 Å². The highest BCUT2D eigenvalue weighted by atomic mass is 14.9. The Morgan fingerprint density at radius 3 is 2.79 bits per heavy atom. The number of aryl methyl sites for hydroxylation is 1. The highest BCUT2D eigenvalue weighted by Crippen LogP contribution is 2.49. The number of hydrogen-bond acceptors (Lipinski definition) is 2. The summed E-state index contributed by atoms with van der Waals surface area (Å²) < 4.78 is 0. The molecule has 0 amide bonds. The molecular formula is C22H34N2. The van der Waals surface area contributed by atoms with Crippen molar-refractivity contribution in [1.29, 1.82) is 0 Å². The monoisotopic (exact) mass is 326 g/mol. The predicted octanol–water partition coefficient (Wildman–Crippen LogP) is 6.31. The van der Waals surface area contributed by atoms with Gasteiger partial charge in [-0.15, -0.1) is 0 Å². The van der Waals surface area contributed by atoms with Gasteiger partial charge in [-0.2, -0.15) is 0 Å². The van der Waals surface area contributed by atoms with Gasteiger partial charge < -0.3 is 0 Å². The van der Waals surface area contributed by atoms with E-state index in [2.05, 4.69) is 30.4 Å². The van der Waals surface area contributed by atoms with Gasteiger partial charge in [-0.25, -0.2) is 9.97 Å². The van der Waals surface area contributed by atoms with Crippen LogP contribution in [0.3, 0.4) is 0 Å². The summed E-state index contributed by atoms with van der Waals surface area (Å²) >= 11 is 0. The lowest BCUT2D eigenvalue weighted by molar-refractivity contribution is 0.397. The second-order valence-corrected chi connectivity index (χ2v) is 8.36. The topological polar surface area (TPSA) is 25.8 Å². The summed E-state index contributed by atoms with van der Waals surface area (Å²) in [4.78, 5) is 9.31. The lowest BCUT2D eigenvalue weighted by Gasteiger charge is -2.13. The molecule has 2 fully saturated rings. The Morgan fingerprint density at radius 2 is 1.96 bits per heavy atom. The van der Waals surface area contributed by atoms with Crippen LogP contribution < -0.4 is 0 Å². The first-order chi connectivity index (χ1) is 11.7. The summed E-state index contributed by atoms with van der Waals surface area (Å²) in [7, 11) is 0. The summed E-state index contributed by atoms with van der Waals surface area (Å²) in [6, 6.07) is 2.02. The maximum atomic E-state index is 4.65. The molecule has 24 heavy (non-hydrogen) atoms. The molecule has 2 aliphatic rings. The van der Waals surface area contributed by atoms with Crippen LogP contribution in [-0.2, 0) is 0 Å². The molecule has 0 spiro atoms. The number of aromatic nitrogens is 2. The van der Waals surface area contributed by atoms with Gasteiger partial charge in [0, 0.05) is 11.6 Å². The minimum absolute atomic E-state index is 0.613. The van der Waals surface area contributed by atoms with Gasteiger partial charge in [0.2, 0.25) is 0 Å². The number of nitrogens with zero attached hydrogens (tertiary/aromatic N) is 2. The molecule has 0 N–H and O–H groups in total. The first-order valence-electron chi connectivity index (χ1n) is 10.1. The van der Waals surface area contributed by atoms with Gasteiger partial charge in [0.1, 0.15) is 5.82 Å². The van der Waals surface area contributed by atoms with Crippen LogP contribution >= 0.6 is 0 Å². The number of unbranched alkanes of at least 4 members (excludes halogenated alkanes) is 1. The number of rotatable bonds is 7. The minimum Gasteiger partial charge on any atom is -0.238 e. The highest BCUT2D eigenvalue weighted by Gasteiger charge is 2.39. The zero-order valence-electron chi connectivity index (χ0n) is 15.6. The van der Waals surface area contributed by atoms with Gasteiger partial charge >= 0.3 is 0 Å². The van der Waals surface area contributed by atoms with Crippen molar-refractivity contribution >= 4 is 6.08 Å². The fourth-order valence-corrected chi connectivity index (χ4v) is 4.46. The second kappa shape index (κ2) is 8.27. The van der Waals surface area contributed by atoms with Crippen LogP contribution in [0.1, 0.15) is 94.3 Å². The van der Waals surface area contributed by atoms with Gasteiger partial charge in [-0.1, -0.05) is 64.9 Å². The summed E-state index contributed by atoms with van der Waals surface area (Å²) in [5.74, 6) is 4.49. The molecule has 1 aromatic rings. The Kier molecular flexibility index (Phi) is 6.08. The van der Waals surface area contributed by atoms with Gasteiger partial charge in [0.25, 0.3) is 0 Å². The fraction of sp³-hybridized carbons (Fsp3) is 0.727. The molecule has 0 saturated heterocycles. The van der Waals surface area contributed by atoms with E-state index in [1.807, 2.05) is 12.1 Å². The standard InChI is InChI=1S/C22H34N2/c1-4-20-14-17(3)23-22(24-20)21-15-19(21)11-6-5-9-18-10-7-8-16(2)12-13-18/h4,14,16,18-19,21H,1,5-13,15H2,2-3H3. The SMILES string of the molecule is C=Cc1cc(C)nc(C2CC2CCCCC2CCCC(C)CC2)n1. The normalized spacial score (nSPS) is 29.9. The minimum atomic E-state index is 0.613. The summed E-state index contributed by atoms with van der Waals surface area (Å²) in [5, 5.41) is 0. The molecule has 1 aromatic heterocycles. The van der Waals surface area contributed by atoms with E-state index in [9.17, 15) is 0 Å². The Bertz CT molecular complexity index is 551. The molecule has 2 saturated carbocycles. The van der Waals surface area contributed by atoms with Crippen LogP contribution in [-0.4, -0.2) is 9.97 Å². The van der Waals surface area contributed by atoms with E-state index < -0.39 is 0 Å². The summed E-state index contributed by atoms with van der Waals surface area (Å²) in [6.07, 6.45) is 16.1. The third kappa shape index (κ3) is 4.91. The molecule has 0 bridgehead atoms. The maximum absolute atomic E-state index is 4.65. The smallest absolute Gasteiger partial charge is 0.132 e. The van der Waals surface area contributed by atoms with Crippen LogP contribution in [0.5, 0.6) is 0 Å². The van der Waals surface area contributed by atoms with Crippen LogP contribution in [0.25, 0.3) is 6.08 Å². The molecule has 2 heteroatoms.